The number of nitrogens with one attached hydrogen (secondary N) is 1. The van der Waals surface area contributed by atoms with Crippen molar-refractivity contribution in [1.29, 1.82) is 0 Å². The summed E-state index contributed by atoms with van der Waals surface area (Å²) in [5.74, 6) is 0. The van der Waals surface area contributed by atoms with Crippen molar-refractivity contribution in [2.24, 2.45) is 0 Å². The Bertz CT molecular complexity index is 648. The van der Waals surface area contributed by atoms with E-state index >= 15 is 0 Å². The third-order valence-electron chi connectivity index (χ3n) is 2.67. The van der Waals surface area contributed by atoms with Gasteiger partial charge in [-0.2, -0.15) is 0 Å². The van der Waals surface area contributed by atoms with E-state index in [1.807, 2.05) is 6.92 Å². The summed E-state index contributed by atoms with van der Waals surface area (Å²) in [6, 6.07) is 0.274. The molecule has 0 bridgehead atoms. The lowest BCUT2D eigenvalue weighted by molar-refractivity contribution is 0.642. The molecule has 0 radical (unpaired) electrons. The number of hydrogen-bond donors (Lipinski definition) is 1. The second-order valence-corrected chi connectivity index (χ2v) is 5.44. The van der Waals surface area contributed by atoms with E-state index in [1.54, 1.807) is 10.8 Å². The van der Waals surface area contributed by atoms with Crippen LogP contribution in [-0.4, -0.2) is 24.7 Å². The molecule has 0 atom stereocenters. The van der Waals surface area contributed by atoms with Crippen LogP contribution in [0.5, 0.6) is 0 Å². The Morgan fingerprint density at radius 3 is 3.06 bits per heavy atom. The molecule has 0 spiro atoms. The maximum Gasteiger partial charge on any atom is 0.344 e. The van der Waals surface area contributed by atoms with E-state index in [9.17, 15) is 4.79 Å². The number of aromatic amines is 1. The molecule has 0 aliphatic heterocycles. The molecule has 2 heterocycles. The van der Waals surface area contributed by atoms with Crippen LogP contribution in [-0.2, 0) is 0 Å². The summed E-state index contributed by atoms with van der Waals surface area (Å²) in [6.45, 7) is 1.89. The highest BCUT2D eigenvalue weighted by Crippen LogP contribution is 2.37. The Hall–Kier alpha value is -1.34. The summed E-state index contributed by atoms with van der Waals surface area (Å²) in [6.07, 6.45) is 3.71. The smallest absolute Gasteiger partial charge is 0.267 e. The molecule has 0 aromatic carbocycles. The largest absolute Gasteiger partial charge is 0.344 e. The number of aromatic nitrogens is 5. The van der Waals surface area contributed by atoms with E-state index in [2.05, 4.69) is 20.2 Å². The van der Waals surface area contributed by atoms with E-state index in [4.69, 9.17) is 11.6 Å². The first-order valence-corrected chi connectivity index (χ1v) is 6.68. The summed E-state index contributed by atoms with van der Waals surface area (Å²) >= 11 is 7.10. The minimum Gasteiger partial charge on any atom is -0.267 e. The Morgan fingerprint density at radius 2 is 2.33 bits per heavy atom. The standard InChI is InChI=1S/C10H10ClN5OS/c1-5-4-12-8(11)13-7(5)18-10-15-14-9(17)16(10)6-2-3-6/h4,6H,2-3H2,1H3,(H,14,17). The third-order valence-corrected chi connectivity index (χ3v) is 3.93. The molecule has 0 amide bonds. The predicted molar refractivity (Wildman–Crippen MR) is 67.0 cm³/mol. The highest BCUT2D eigenvalue weighted by Gasteiger charge is 2.29. The van der Waals surface area contributed by atoms with Gasteiger partial charge in [0.25, 0.3) is 0 Å². The molecule has 8 heteroatoms. The van der Waals surface area contributed by atoms with Crippen LogP contribution in [0.25, 0.3) is 0 Å². The fraction of sp³-hybridized carbons (Fsp3) is 0.400. The van der Waals surface area contributed by atoms with Crippen molar-refractivity contribution >= 4 is 23.4 Å². The summed E-state index contributed by atoms with van der Waals surface area (Å²) in [4.78, 5) is 19.7. The molecule has 1 fully saturated rings. The van der Waals surface area contributed by atoms with Crippen molar-refractivity contribution in [3.05, 3.63) is 27.5 Å². The molecule has 0 saturated heterocycles. The maximum atomic E-state index is 11.6. The van der Waals surface area contributed by atoms with E-state index in [-0.39, 0.29) is 17.0 Å². The Labute approximate surface area is 112 Å². The monoisotopic (exact) mass is 283 g/mol. The Kier molecular flexibility index (Phi) is 2.87. The average Bonchev–Trinajstić information content (AvgIpc) is 3.10. The first-order chi connectivity index (χ1) is 8.65. The average molecular weight is 284 g/mol. The van der Waals surface area contributed by atoms with E-state index in [1.165, 1.54) is 11.8 Å². The topological polar surface area (TPSA) is 76.5 Å². The van der Waals surface area contributed by atoms with Crippen molar-refractivity contribution in [2.75, 3.05) is 0 Å². The lowest BCUT2D eigenvalue weighted by Crippen LogP contribution is -2.16. The lowest BCUT2D eigenvalue weighted by atomic mass is 10.4. The first kappa shape index (κ1) is 11.7. The van der Waals surface area contributed by atoms with Crippen molar-refractivity contribution in [3.63, 3.8) is 0 Å². The van der Waals surface area contributed by atoms with Gasteiger partial charge in [-0.3, -0.25) is 4.57 Å². The van der Waals surface area contributed by atoms with Crippen molar-refractivity contribution in [3.8, 4) is 0 Å². The number of halogens is 1. The Morgan fingerprint density at radius 1 is 1.56 bits per heavy atom. The van der Waals surface area contributed by atoms with E-state index in [0.29, 0.717) is 5.16 Å². The molecular formula is C10H10ClN5OS. The SMILES string of the molecule is Cc1cnc(Cl)nc1Sc1n[nH]c(=O)n1C1CC1. The molecule has 0 unspecified atom stereocenters. The molecule has 2 aromatic rings. The van der Waals surface area contributed by atoms with Crippen LogP contribution in [0.3, 0.4) is 0 Å². The van der Waals surface area contributed by atoms with Crippen LogP contribution >= 0.6 is 23.4 Å². The predicted octanol–water partition coefficient (Wildman–Crippen LogP) is 1.81. The number of rotatable bonds is 3. The quantitative estimate of drug-likeness (QED) is 0.687. The number of nitrogens with zero attached hydrogens (tertiary/aromatic N) is 4. The zero-order valence-corrected chi connectivity index (χ0v) is 11.1. The second kappa shape index (κ2) is 4.40. The molecule has 1 aliphatic carbocycles. The van der Waals surface area contributed by atoms with Crippen molar-refractivity contribution < 1.29 is 0 Å². The van der Waals surface area contributed by atoms with Gasteiger partial charge in [0, 0.05) is 17.8 Å². The van der Waals surface area contributed by atoms with Gasteiger partial charge in [-0.25, -0.2) is 19.9 Å². The van der Waals surface area contributed by atoms with Crippen LogP contribution in [0, 0.1) is 6.92 Å². The van der Waals surface area contributed by atoms with Gasteiger partial charge in [0.1, 0.15) is 5.03 Å². The highest BCUT2D eigenvalue weighted by atomic mass is 35.5. The summed E-state index contributed by atoms with van der Waals surface area (Å²) in [5, 5.41) is 8.04. The number of H-pyrrole nitrogens is 1. The maximum absolute atomic E-state index is 11.6. The van der Waals surface area contributed by atoms with Crippen molar-refractivity contribution in [1.82, 2.24) is 24.7 Å². The van der Waals surface area contributed by atoms with Gasteiger partial charge in [0.05, 0.1) is 0 Å². The Balaban J connectivity index is 1.97. The highest BCUT2D eigenvalue weighted by molar-refractivity contribution is 7.99. The molecule has 1 aliphatic rings. The van der Waals surface area contributed by atoms with Gasteiger partial charge < -0.3 is 0 Å². The molecule has 3 rings (SSSR count). The normalized spacial score (nSPS) is 15.0. The molecular weight excluding hydrogens is 274 g/mol. The number of hydrogen-bond acceptors (Lipinski definition) is 5. The molecule has 6 nitrogen and oxygen atoms in total. The van der Waals surface area contributed by atoms with Crippen LogP contribution in [0.1, 0.15) is 24.4 Å². The third kappa shape index (κ3) is 2.15. The molecule has 18 heavy (non-hydrogen) atoms. The zero-order chi connectivity index (χ0) is 12.7. The second-order valence-electron chi connectivity index (χ2n) is 4.14. The van der Waals surface area contributed by atoms with Gasteiger partial charge >= 0.3 is 5.69 Å². The van der Waals surface area contributed by atoms with E-state index in [0.717, 1.165) is 23.4 Å². The fourth-order valence-corrected chi connectivity index (χ4v) is 2.74. The first-order valence-electron chi connectivity index (χ1n) is 5.49. The van der Waals surface area contributed by atoms with Crippen LogP contribution < -0.4 is 5.69 Å². The summed E-state index contributed by atoms with van der Waals surface area (Å²) in [5.41, 5.74) is 0.736. The summed E-state index contributed by atoms with van der Waals surface area (Å²) in [7, 11) is 0. The molecule has 1 N–H and O–H groups in total. The minimum absolute atomic E-state index is 0.169. The lowest BCUT2D eigenvalue weighted by Gasteiger charge is -2.04. The zero-order valence-electron chi connectivity index (χ0n) is 9.55. The minimum atomic E-state index is -0.169. The number of aryl methyl sites for hydroxylation is 1. The van der Waals surface area contributed by atoms with E-state index < -0.39 is 0 Å². The van der Waals surface area contributed by atoms with Gasteiger partial charge in [-0.1, -0.05) is 0 Å². The molecule has 1 saturated carbocycles. The van der Waals surface area contributed by atoms with Gasteiger partial charge in [0.2, 0.25) is 5.28 Å². The molecule has 94 valence electrons. The fourth-order valence-electron chi connectivity index (χ4n) is 1.61. The molecule has 2 aromatic heterocycles. The van der Waals surface area contributed by atoms with Crippen molar-refractivity contribution in [2.45, 2.75) is 36.0 Å². The van der Waals surface area contributed by atoms with Crippen LogP contribution in [0.4, 0.5) is 0 Å². The summed E-state index contributed by atoms with van der Waals surface area (Å²) < 4.78 is 1.68. The van der Waals surface area contributed by atoms with Gasteiger partial charge in [0.15, 0.2) is 5.16 Å². The van der Waals surface area contributed by atoms with Gasteiger partial charge in [-0.15, -0.1) is 5.10 Å². The van der Waals surface area contributed by atoms with Crippen LogP contribution in [0.2, 0.25) is 5.28 Å². The van der Waals surface area contributed by atoms with Gasteiger partial charge in [-0.05, 0) is 43.1 Å². The van der Waals surface area contributed by atoms with Crippen LogP contribution in [0.15, 0.2) is 21.2 Å².